The van der Waals surface area contributed by atoms with Crippen molar-refractivity contribution in [3.8, 4) is 11.3 Å². The van der Waals surface area contributed by atoms with E-state index in [1.807, 2.05) is 48.5 Å². The molecule has 3 heterocycles. The molecule has 8 heteroatoms. The molecule has 1 fully saturated rings. The summed E-state index contributed by atoms with van der Waals surface area (Å²) in [4.78, 5) is 12.1. The molecule has 1 aliphatic rings. The van der Waals surface area contributed by atoms with E-state index in [-0.39, 0.29) is 5.82 Å². The van der Waals surface area contributed by atoms with E-state index in [2.05, 4.69) is 43.7 Å². The average molecular weight is 527 g/mol. The summed E-state index contributed by atoms with van der Waals surface area (Å²) >= 11 is 1.66. The molecule has 0 amide bonds. The SMILES string of the molecule is Fc1ccc(Cn2c(NC3CCN(CCNc4nc(-c5ccccc5)cs4)CC3)nc3ccccc32)cc1. The number of anilines is 2. The molecular weight excluding hydrogens is 495 g/mol. The first-order valence-electron chi connectivity index (χ1n) is 13.1. The van der Waals surface area contributed by atoms with Crippen LogP contribution in [0.3, 0.4) is 0 Å². The number of aromatic nitrogens is 3. The van der Waals surface area contributed by atoms with Crippen LogP contribution < -0.4 is 10.6 Å². The van der Waals surface area contributed by atoms with E-state index in [1.54, 1.807) is 11.3 Å². The van der Waals surface area contributed by atoms with Gasteiger partial charge >= 0.3 is 0 Å². The molecule has 5 aromatic rings. The molecule has 6 nitrogen and oxygen atoms in total. The number of hydrogen-bond donors (Lipinski definition) is 2. The summed E-state index contributed by atoms with van der Waals surface area (Å²) in [6.45, 7) is 4.62. The van der Waals surface area contributed by atoms with Crippen LogP contribution in [0.4, 0.5) is 15.5 Å². The predicted octanol–water partition coefficient (Wildman–Crippen LogP) is 6.34. The first-order chi connectivity index (χ1) is 18.7. The molecule has 0 bridgehead atoms. The van der Waals surface area contributed by atoms with Gasteiger partial charge in [0.25, 0.3) is 0 Å². The van der Waals surface area contributed by atoms with Gasteiger partial charge in [0, 0.05) is 43.2 Å². The standard InChI is InChI=1S/C30H31FN6S/c31-24-12-10-22(11-13-24)20-37-28-9-5-4-8-26(28)34-29(37)33-25-14-17-36(18-15-25)19-16-32-30-35-27(21-38-30)23-6-2-1-3-7-23/h1-13,21,25H,14-20H2,(H,32,35)(H,33,34). The fourth-order valence-corrected chi connectivity index (χ4v) is 5.77. The summed E-state index contributed by atoms with van der Waals surface area (Å²) < 4.78 is 15.6. The largest absolute Gasteiger partial charge is 0.360 e. The quantitative estimate of drug-likeness (QED) is 0.235. The minimum Gasteiger partial charge on any atom is -0.360 e. The molecule has 0 saturated carbocycles. The highest BCUT2D eigenvalue weighted by molar-refractivity contribution is 7.14. The third-order valence-electron chi connectivity index (χ3n) is 7.11. The molecule has 0 unspecified atom stereocenters. The van der Waals surface area contributed by atoms with Crippen molar-refractivity contribution in [2.45, 2.75) is 25.4 Å². The molecule has 3 aromatic carbocycles. The van der Waals surface area contributed by atoms with Gasteiger partial charge in [-0.2, -0.15) is 0 Å². The van der Waals surface area contributed by atoms with Crippen LogP contribution in [0.5, 0.6) is 0 Å². The van der Waals surface area contributed by atoms with Crippen molar-refractivity contribution in [2.75, 3.05) is 36.8 Å². The Bertz CT molecular complexity index is 1470. The number of piperidine rings is 1. The van der Waals surface area contributed by atoms with E-state index < -0.39 is 0 Å². The summed E-state index contributed by atoms with van der Waals surface area (Å²) in [5, 5.41) is 10.3. The number of hydrogen-bond acceptors (Lipinski definition) is 6. The second kappa shape index (κ2) is 11.3. The van der Waals surface area contributed by atoms with Crippen molar-refractivity contribution in [1.82, 2.24) is 19.4 Å². The maximum Gasteiger partial charge on any atom is 0.204 e. The maximum absolute atomic E-state index is 13.4. The Morgan fingerprint density at radius 1 is 0.895 bits per heavy atom. The van der Waals surface area contributed by atoms with Crippen LogP contribution in [0.1, 0.15) is 18.4 Å². The van der Waals surface area contributed by atoms with E-state index >= 15 is 0 Å². The molecule has 0 atom stereocenters. The third-order valence-corrected chi connectivity index (χ3v) is 7.91. The van der Waals surface area contributed by atoms with Gasteiger partial charge < -0.3 is 20.1 Å². The lowest BCUT2D eigenvalue weighted by atomic mass is 10.1. The summed E-state index contributed by atoms with van der Waals surface area (Å²) in [5.74, 6) is 0.668. The smallest absolute Gasteiger partial charge is 0.204 e. The van der Waals surface area contributed by atoms with Crippen LogP contribution in [-0.4, -0.2) is 51.7 Å². The Balaban J connectivity index is 1.02. The number of rotatable bonds is 9. The van der Waals surface area contributed by atoms with Crippen molar-refractivity contribution in [3.63, 3.8) is 0 Å². The van der Waals surface area contributed by atoms with Gasteiger partial charge in [0.05, 0.1) is 23.3 Å². The number of fused-ring (bicyclic) bond motifs is 1. The van der Waals surface area contributed by atoms with Crippen molar-refractivity contribution in [1.29, 1.82) is 0 Å². The fraction of sp³-hybridized carbons (Fsp3) is 0.267. The zero-order valence-electron chi connectivity index (χ0n) is 21.2. The molecule has 0 aliphatic carbocycles. The highest BCUT2D eigenvalue weighted by Crippen LogP contribution is 2.25. The second-order valence-corrected chi connectivity index (χ2v) is 10.6. The van der Waals surface area contributed by atoms with E-state index in [4.69, 9.17) is 9.97 Å². The lowest BCUT2D eigenvalue weighted by Gasteiger charge is -2.32. The van der Waals surface area contributed by atoms with E-state index in [0.717, 1.165) is 78.0 Å². The van der Waals surface area contributed by atoms with Crippen LogP contribution in [-0.2, 0) is 6.54 Å². The van der Waals surface area contributed by atoms with E-state index in [1.165, 1.54) is 12.1 Å². The summed E-state index contributed by atoms with van der Waals surface area (Å²) in [6.07, 6.45) is 2.13. The summed E-state index contributed by atoms with van der Waals surface area (Å²) in [7, 11) is 0. The highest BCUT2D eigenvalue weighted by atomic mass is 32.1. The van der Waals surface area contributed by atoms with Crippen molar-refractivity contribution < 1.29 is 4.39 Å². The number of thiazole rings is 1. The zero-order chi connectivity index (χ0) is 25.7. The number of nitrogens with zero attached hydrogens (tertiary/aromatic N) is 4. The molecule has 2 aromatic heterocycles. The van der Waals surface area contributed by atoms with Crippen LogP contribution in [0.15, 0.2) is 84.2 Å². The van der Waals surface area contributed by atoms with Crippen molar-refractivity contribution >= 4 is 33.5 Å². The molecular formula is C30H31FN6S. The predicted molar refractivity (Wildman–Crippen MR) is 154 cm³/mol. The number of benzene rings is 3. The number of likely N-dealkylation sites (tertiary alicyclic amines) is 1. The van der Waals surface area contributed by atoms with Gasteiger partial charge in [-0.25, -0.2) is 14.4 Å². The number of halogens is 1. The molecule has 194 valence electrons. The molecule has 38 heavy (non-hydrogen) atoms. The van der Waals surface area contributed by atoms with Gasteiger partial charge in [-0.3, -0.25) is 0 Å². The summed E-state index contributed by atoms with van der Waals surface area (Å²) in [5.41, 5.74) is 5.28. The Labute approximate surface area is 226 Å². The third kappa shape index (κ3) is 5.71. The van der Waals surface area contributed by atoms with Gasteiger partial charge in [-0.15, -0.1) is 11.3 Å². The van der Waals surface area contributed by atoms with Gasteiger partial charge in [0.15, 0.2) is 5.13 Å². The lowest BCUT2D eigenvalue weighted by molar-refractivity contribution is 0.226. The first-order valence-corrected chi connectivity index (χ1v) is 14.0. The van der Waals surface area contributed by atoms with E-state index in [0.29, 0.717) is 12.6 Å². The first kappa shape index (κ1) is 24.6. The summed E-state index contributed by atoms with van der Waals surface area (Å²) in [6, 6.07) is 25.6. The van der Waals surface area contributed by atoms with Gasteiger partial charge in [0.2, 0.25) is 5.95 Å². The zero-order valence-corrected chi connectivity index (χ0v) is 22.0. The minimum atomic E-state index is -0.215. The number of imidazole rings is 1. The molecule has 1 saturated heterocycles. The van der Waals surface area contributed by atoms with Gasteiger partial charge in [-0.1, -0.05) is 54.6 Å². The number of para-hydroxylation sites is 2. The maximum atomic E-state index is 13.4. The second-order valence-electron chi connectivity index (χ2n) is 9.73. The Morgan fingerprint density at radius 3 is 2.47 bits per heavy atom. The van der Waals surface area contributed by atoms with E-state index in [9.17, 15) is 4.39 Å². The number of nitrogens with one attached hydrogen (secondary N) is 2. The normalized spacial score (nSPS) is 14.7. The monoisotopic (exact) mass is 526 g/mol. The minimum absolute atomic E-state index is 0.215. The van der Waals surface area contributed by atoms with Crippen molar-refractivity contribution in [3.05, 3.63) is 95.6 Å². The van der Waals surface area contributed by atoms with Crippen LogP contribution in [0.2, 0.25) is 0 Å². The molecule has 0 spiro atoms. The van der Waals surface area contributed by atoms with Crippen LogP contribution in [0, 0.1) is 5.82 Å². The Hall–Kier alpha value is -3.75. The Morgan fingerprint density at radius 2 is 1.66 bits per heavy atom. The molecule has 2 N–H and O–H groups in total. The van der Waals surface area contributed by atoms with Gasteiger partial charge in [-0.05, 0) is 42.7 Å². The fourth-order valence-electron chi connectivity index (χ4n) is 5.02. The molecule has 1 aliphatic heterocycles. The highest BCUT2D eigenvalue weighted by Gasteiger charge is 2.21. The van der Waals surface area contributed by atoms with Gasteiger partial charge in [0.1, 0.15) is 5.82 Å². The Kier molecular flexibility index (Phi) is 7.33. The van der Waals surface area contributed by atoms with Crippen LogP contribution >= 0.6 is 11.3 Å². The molecule has 6 rings (SSSR count). The average Bonchev–Trinajstić information content (AvgIpc) is 3.56. The van der Waals surface area contributed by atoms with Crippen molar-refractivity contribution in [2.24, 2.45) is 0 Å². The lowest BCUT2D eigenvalue weighted by Crippen LogP contribution is -2.41. The topological polar surface area (TPSA) is 58.0 Å². The van der Waals surface area contributed by atoms with Crippen LogP contribution in [0.25, 0.3) is 22.3 Å². The molecule has 0 radical (unpaired) electrons.